The van der Waals surface area contributed by atoms with Gasteiger partial charge in [-0.2, -0.15) is 4.99 Å². The summed E-state index contributed by atoms with van der Waals surface area (Å²) in [6.45, 7) is -0.409. The number of benzene rings is 2. The SMILES string of the molecule is COC(=O)Cn1c(=NC(=O)Cc2ccc(S(C)(=O)=O)cc2)sc2cc(F)cc(F)c21. The fourth-order valence-corrected chi connectivity index (χ4v) is 4.45. The molecule has 0 aliphatic rings. The molecule has 0 N–H and O–H groups in total. The Morgan fingerprint density at radius 2 is 1.83 bits per heavy atom. The van der Waals surface area contributed by atoms with Crippen molar-refractivity contribution in [2.75, 3.05) is 13.4 Å². The van der Waals surface area contributed by atoms with Crippen molar-refractivity contribution in [2.45, 2.75) is 17.9 Å². The predicted molar refractivity (Wildman–Crippen MR) is 106 cm³/mol. The van der Waals surface area contributed by atoms with E-state index in [4.69, 9.17) is 0 Å². The second-order valence-electron chi connectivity index (χ2n) is 6.38. The zero-order valence-electron chi connectivity index (χ0n) is 15.9. The molecule has 0 atom stereocenters. The number of nitrogens with zero attached hydrogens (tertiary/aromatic N) is 2. The molecule has 1 amide bonds. The number of rotatable bonds is 5. The van der Waals surface area contributed by atoms with E-state index in [1.807, 2.05) is 0 Å². The molecule has 3 aromatic rings. The summed E-state index contributed by atoms with van der Waals surface area (Å²) in [7, 11) is -2.20. The molecular formula is C19H16F2N2O5S2. The average Bonchev–Trinajstić information content (AvgIpc) is 2.98. The molecule has 0 saturated carbocycles. The number of hydrogen-bond acceptors (Lipinski definition) is 6. The number of carbonyl (C=O) groups excluding carboxylic acids is 2. The Morgan fingerprint density at radius 3 is 2.43 bits per heavy atom. The van der Waals surface area contributed by atoms with E-state index in [1.54, 1.807) is 0 Å². The third kappa shape index (κ3) is 4.79. The number of sulfone groups is 1. The minimum Gasteiger partial charge on any atom is -0.468 e. The summed E-state index contributed by atoms with van der Waals surface area (Å²) in [4.78, 5) is 28.2. The minimum atomic E-state index is -3.36. The molecular weight excluding hydrogens is 438 g/mol. The van der Waals surface area contributed by atoms with Gasteiger partial charge in [-0.1, -0.05) is 23.5 Å². The fraction of sp³-hybridized carbons (Fsp3) is 0.211. The second kappa shape index (κ2) is 8.44. The van der Waals surface area contributed by atoms with Gasteiger partial charge in [0.15, 0.2) is 20.5 Å². The third-order valence-corrected chi connectivity index (χ3v) is 6.29. The quantitative estimate of drug-likeness (QED) is 0.551. The molecule has 0 bridgehead atoms. The van der Waals surface area contributed by atoms with Crippen molar-refractivity contribution in [3.8, 4) is 0 Å². The Morgan fingerprint density at radius 1 is 1.17 bits per heavy atom. The Labute approximate surface area is 174 Å². The molecule has 1 heterocycles. The van der Waals surface area contributed by atoms with Crippen LogP contribution in [0.1, 0.15) is 5.56 Å². The average molecular weight is 454 g/mol. The summed E-state index contributed by atoms with van der Waals surface area (Å²) in [6.07, 6.45) is 0.930. The maximum atomic E-state index is 14.3. The van der Waals surface area contributed by atoms with Crippen molar-refractivity contribution in [3.05, 3.63) is 58.4 Å². The van der Waals surface area contributed by atoms with Crippen LogP contribution < -0.4 is 4.80 Å². The van der Waals surface area contributed by atoms with E-state index in [9.17, 15) is 26.8 Å². The van der Waals surface area contributed by atoms with E-state index in [-0.39, 0.29) is 26.3 Å². The number of halogens is 2. The second-order valence-corrected chi connectivity index (χ2v) is 9.40. The molecule has 2 aromatic carbocycles. The van der Waals surface area contributed by atoms with Crippen LogP contribution >= 0.6 is 11.3 Å². The van der Waals surface area contributed by atoms with E-state index in [0.717, 1.165) is 35.3 Å². The molecule has 7 nitrogen and oxygen atoms in total. The topological polar surface area (TPSA) is 94.8 Å². The number of methoxy groups -OCH3 is 1. The molecule has 1 aromatic heterocycles. The number of fused-ring (bicyclic) bond motifs is 1. The molecule has 0 aliphatic heterocycles. The summed E-state index contributed by atoms with van der Waals surface area (Å²) >= 11 is 0.858. The van der Waals surface area contributed by atoms with Gasteiger partial charge in [-0.25, -0.2) is 17.2 Å². The van der Waals surface area contributed by atoms with Crippen molar-refractivity contribution in [1.82, 2.24) is 4.57 Å². The van der Waals surface area contributed by atoms with Crippen molar-refractivity contribution < 1.29 is 31.5 Å². The monoisotopic (exact) mass is 454 g/mol. The lowest BCUT2D eigenvalue weighted by Gasteiger charge is -2.04. The summed E-state index contributed by atoms with van der Waals surface area (Å²) in [5.74, 6) is -2.98. The van der Waals surface area contributed by atoms with Gasteiger partial charge in [-0.15, -0.1) is 0 Å². The number of esters is 1. The lowest BCUT2D eigenvalue weighted by atomic mass is 10.1. The highest BCUT2D eigenvalue weighted by atomic mass is 32.2. The number of ether oxygens (including phenoxy) is 1. The number of carbonyl (C=O) groups is 2. The molecule has 3 rings (SSSR count). The van der Waals surface area contributed by atoms with Gasteiger partial charge in [0.05, 0.1) is 28.6 Å². The van der Waals surface area contributed by atoms with Gasteiger partial charge in [0.1, 0.15) is 12.4 Å². The van der Waals surface area contributed by atoms with Crippen LogP contribution in [0.4, 0.5) is 8.78 Å². The number of aromatic nitrogens is 1. The van der Waals surface area contributed by atoms with Gasteiger partial charge in [0.2, 0.25) is 0 Å². The van der Waals surface area contributed by atoms with Crippen molar-refractivity contribution in [1.29, 1.82) is 0 Å². The first-order valence-corrected chi connectivity index (χ1v) is 11.2. The van der Waals surface area contributed by atoms with Crippen LogP contribution in [0, 0.1) is 11.6 Å². The maximum Gasteiger partial charge on any atom is 0.325 e. The predicted octanol–water partition coefficient (Wildman–Crippen LogP) is 2.23. The summed E-state index contributed by atoms with van der Waals surface area (Å²) in [5, 5.41) is 0. The van der Waals surface area contributed by atoms with Gasteiger partial charge < -0.3 is 9.30 Å². The van der Waals surface area contributed by atoms with E-state index in [1.165, 1.54) is 24.3 Å². The van der Waals surface area contributed by atoms with Crippen LogP contribution in [0.5, 0.6) is 0 Å². The molecule has 0 radical (unpaired) electrons. The molecule has 0 saturated heterocycles. The fourth-order valence-electron chi connectivity index (χ4n) is 2.73. The highest BCUT2D eigenvalue weighted by molar-refractivity contribution is 7.90. The molecule has 30 heavy (non-hydrogen) atoms. The minimum absolute atomic E-state index is 0.0117. The van der Waals surface area contributed by atoms with Gasteiger partial charge in [0.25, 0.3) is 5.91 Å². The molecule has 0 spiro atoms. The molecule has 11 heteroatoms. The van der Waals surface area contributed by atoms with Crippen LogP contribution in [0.3, 0.4) is 0 Å². The van der Waals surface area contributed by atoms with Crippen molar-refractivity contribution >= 4 is 43.3 Å². The van der Waals surface area contributed by atoms with Crippen LogP contribution in [-0.4, -0.2) is 38.2 Å². The van der Waals surface area contributed by atoms with Gasteiger partial charge >= 0.3 is 5.97 Å². The van der Waals surface area contributed by atoms with E-state index < -0.39 is 39.9 Å². The number of thiazole rings is 1. The summed E-state index contributed by atoms with van der Waals surface area (Å²) < 4.78 is 56.8. The lowest BCUT2D eigenvalue weighted by molar-refractivity contribution is -0.141. The Bertz CT molecular complexity index is 1310. The van der Waals surface area contributed by atoms with Gasteiger partial charge in [-0.3, -0.25) is 9.59 Å². The first-order chi connectivity index (χ1) is 14.1. The summed E-state index contributed by atoms with van der Waals surface area (Å²) in [6, 6.07) is 7.51. The molecule has 158 valence electrons. The van der Waals surface area contributed by atoms with Crippen molar-refractivity contribution in [2.24, 2.45) is 4.99 Å². The van der Waals surface area contributed by atoms with Crippen LogP contribution in [0.15, 0.2) is 46.3 Å². The molecule has 0 fully saturated rings. The highest BCUT2D eigenvalue weighted by Gasteiger charge is 2.17. The zero-order chi connectivity index (χ0) is 22.1. The molecule has 0 unspecified atom stereocenters. The lowest BCUT2D eigenvalue weighted by Crippen LogP contribution is -2.23. The van der Waals surface area contributed by atoms with Crippen LogP contribution in [0.25, 0.3) is 10.2 Å². The van der Waals surface area contributed by atoms with Crippen LogP contribution in [-0.2, 0) is 37.1 Å². The normalized spacial score (nSPS) is 12.3. The van der Waals surface area contributed by atoms with Crippen molar-refractivity contribution in [3.63, 3.8) is 0 Å². The van der Waals surface area contributed by atoms with E-state index in [2.05, 4.69) is 9.73 Å². The largest absolute Gasteiger partial charge is 0.468 e. The number of hydrogen-bond donors (Lipinski definition) is 0. The number of amides is 1. The Balaban J connectivity index is 2.00. The Kier molecular flexibility index (Phi) is 6.13. The van der Waals surface area contributed by atoms with Crippen LogP contribution in [0.2, 0.25) is 0 Å². The maximum absolute atomic E-state index is 14.3. The van der Waals surface area contributed by atoms with Gasteiger partial charge in [0, 0.05) is 12.3 Å². The highest BCUT2D eigenvalue weighted by Crippen LogP contribution is 2.22. The molecule has 0 aliphatic carbocycles. The first kappa shape index (κ1) is 21.8. The first-order valence-electron chi connectivity index (χ1n) is 8.50. The smallest absolute Gasteiger partial charge is 0.325 e. The van der Waals surface area contributed by atoms with Gasteiger partial charge in [-0.05, 0) is 23.8 Å². The summed E-state index contributed by atoms with van der Waals surface area (Å²) in [5.41, 5.74) is 0.463. The standard InChI is InChI=1S/C19H16F2N2O5S2/c1-28-17(25)10-23-18-14(21)8-12(20)9-15(18)29-19(23)22-16(24)7-11-3-5-13(6-4-11)30(2,26)27/h3-6,8-9H,7,10H2,1-2H3. The van der Waals surface area contributed by atoms with E-state index in [0.29, 0.717) is 11.6 Å². The zero-order valence-corrected chi connectivity index (χ0v) is 17.5. The van der Waals surface area contributed by atoms with E-state index >= 15 is 0 Å². The Hall–Kier alpha value is -2.92. The third-order valence-electron chi connectivity index (χ3n) is 4.14.